The van der Waals surface area contributed by atoms with Gasteiger partial charge >= 0.3 is 24.2 Å². The molecule has 240 valence electrons. The third kappa shape index (κ3) is 7.30. The molecule has 1 atom stereocenters. The van der Waals surface area contributed by atoms with Crippen LogP contribution in [-0.2, 0) is 18.4 Å². The lowest BCUT2D eigenvalue weighted by Crippen LogP contribution is -2.40. The number of hydrogen-bond donors (Lipinski definition) is 2. The molecule has 0 aliphatic rings. The molecular formula is C27H24F10N4O2S. The number of nitrogens with one attached hydrogen (secondary N) is 2. The molecule has 0 spiro atoms. The van der Waals surface area contributed by atoms with E-state index < -0.39 is 53.8 Å². The zero-order valence-electron chi connectivity index (χ0n) is 23.0. The molecule has 3 rings (SSSR count). The van der Waals surface area contributed by atoms with Gasteiger partial charge in [0, 0.05) is 23.7 Å². The first-order chi connectivity index (χ1) is 20.2. The summed E-state index contributed by atoms with van der Waals surface area (Å²) in [7, 11) is 0. The molecule has 0 unspecified atom stereocenters. The van der Waals surface area contributed by atoms with E-state index in [-0.39, 0.29) is 39.3 Å². The molecule has 0 aliphatic carbocycles. The van der Waals surface area contributed by atoms with Crippen LogP contribution in [0.2, 0.25) is 0 Å². The first kappa shape index (κ1) is 34.7. The number of thioether (sulfide) groups is 1. The van der Waals surface area contributed by atoms with Crippen LogP contribution in [0.5, 0.6) is 0 Å². The molecule has 2 N–H and O–H groups in total. The number of carbonyl (C=O) groups is 2. The van der Waals surface area contributed by atoms with Crippen molar-refractivity contribution in [1.82, 2.24) is 15.1 Å². The topological polar surface area (TPSA) is 76.0 Å². The van der Waals surface area contributed by atoms with E-state index in [2.05, 4.69) is 15.7 Å². The van der Waals surface area contributed by atoms with E-state index >= 15 is 0 Å². The number of hydrogen-bond acceptors (Lipinski definition) is 4. The molecule has 0 bridgehead atoms. The van der Waals surface area contributed by atoms with Crippen molar-refractivity contribution in [2.75, 3.05) is 17.3 Å². The molecule has 0 saturated heterocycles. The number of alkyl halides is 10. The molecule has 6 nitrogen and oxygen atoms in total. The van der Waals surface area contributed by atoms with Gasteiger partial charge in [-0.25, -0.2) is 0 Å². The Hall–Kier alpha value is -3.76. The van der Waals surface area contributed by atoms with E-state index in [1.807, 2.05) is 6.26 Å². The van der Waals surface area contributed by atoms with Gasteiger partial charge in [-0.2, -0.15) is 60.8 Å². The summed E-state index contributed by atoms with van der Waals surface area (Å²) in [6.45, 7) is 2.47. The summed E-state index contributed by atoms with van der Waals surface area (Å²) in [4.78, 5) is 25.8. The SMILES string of the molecule is CSC[C@H](C)NC(=O)c1ccccc1C(=O)Nc1ccc(Cn2cc(C(F)(F)C(F)(F)F)c(C(F)(F)C(F)(F)F)n2)cc1C. The highest BCUT2D eigenvalue weighted by atomic mass is 32.2. The van der Waals surface area contributed by atoms with Crippen molar-refractivity contribution in [3.63, 3.8) is 0 Å². The van der Waals surface area contributed by atoms with Crippen LogP contribution in [0.3, 0.4) is 0 Å². The fraction of sp³-hybridized carbons (Fsp3) is 0.370. The Morgan fingerprint density at radius 2 is 1.45 bits per heavy atom. The number of benzene rings is 2. The van der Waals surface area contributed by atoms with Crippen LogP contribution in [-0.4, -0.2) is 52.0 Å². The predicted octanol–water partition coefficient (Wildman–Crippen LogP) is 7.28. The summed E-state index contributed by atoms with van der Waals surface area (Å²) < 4.78 is 134. The van der Waals surface area contributed by atoms with Crippen LogP contribution in [0.25, 0.3) is 0 Å². The van der Waals surface area contributed by atoms with Crippen molar-refractivity contribution < 1.29 is 53.5 Å². The van der Waals surface area contributed by atoms with Crippen LogP contribution in [0, 0.1) is 6.92 Å². The second-order valence-corrected chi connectivity index (χ2v) is 10.6. The van der Waals surface area contributed by atoms with Gasteiger partial charge in [0.25, 0.3) is 11.8 Å². The number of halogens is 10. The molecule has 2 aromatic carbocycles. The van der Waals surface area contributed by atoms with Gasteiger partial charge in [-0.15, -0.1) is 0 Å². The number of aromatic nitrogens is 2. The second-order valence-electron chi connectivity index (χ2n) is 9.71. The minimum Gasteiger partial charge on any atom is -0.349 e. The molecule has 0 aliphatic heterocycles. The third-order valence-electron chi connectivity index (χ3n) is 6.20. The normalized spacial score (nSPS) is 13.5. The van der Waals surface area contributed by atoms with Gasteiger partial charge < -0.3 is 10.6 Å². The molecule has 1 aromatic heterocycles. The highest BCUT2D eigenvalue weighted by Gasteiger charge is 2.67. The third-order valence-corrected chi connectivity index (χ3v) is 7.04. The van der Waals surface area contributed by atoms with Crippen molar-refractivity contribution >= 4 is 29.3 Å². The summed E-state index contributed by atoms with van der Waals surface area (Å²) in [6.07, 6.45) is -11.3. The molecule has 17 heteroatoms. The highest BCUT2D eigenvalue weighted by Crippen LogP contribution is 2.51. The zero-order chi connectivity index (χ0) is 33.3. The average molecular weight is 659 g/mol. The molecule has 0 radical (unpaired) electrons. The van der Waals surface area contributed by atoms with E-state index in [0.29, 0.717) is 11.3 Å². The second kappa shape index (κ2) is 12.7. The maximum Gasteiger partial charge on any atom is 0.459 e. The average Bonchev–Trinajstić information content (AvgIpc) is 3.34. The quantitative estimate of drug-likeness (QED) is 0.225. The number of carbonyl (C=O) groups excluding carboxylic acids is 2. The molecule has 44 heavy (non-hydrogen) atoms. The molecular weight excluding hydrogens is 634 g/mol. The number of rotatable bonds is 10. The summed E-state index contributed by atoms with van der Waals surface area (Å²) in [5.41, 5.74) is -4.79. The van der Waals surface area contributed by atoms with Crippen molar-refractivity contribution in [3.8, 4) is 0 Å². The number of amides is 2. The number of aryl methyl sites for hydroxylation is 1. The van der Waals surface area contributed by atoms with E-state index in [0.717, 1.165) is 0 Å². The Morgan fingerprint density at radius 1 is 0.886 bits per heavy atom. The Morgan fingerprint density at radius 3 is 1.98 bits per heavy atom. The summed E-state index contributed by atoms with van der Waals surface area (Å²) in [5.74, 6) is -12.7. The summed E-state index contributed by atoms with van der Waals surface area (Å²) in [5, 5.41) is 8.14. The van der Waals surface area contributed by atoms with E-state index in [1.165, 1.54) is 55.1 Å². The molecule has 0 saturated carbocycles. The first-order valence-corrected chi connectivity index (χ1v) is 13.9. The van der Waals surface area contributed by atoms with Crippen LogP contribution in [0.15, 0.2) is 48.7 Å². The largest absolute Gasteiger partial charge is 0.459 e. The molecule has 2 amide bonds. The Kier molecular flexibility index (Phi) is 10.0. The van der Waals surface area contributed by atoms with Crippen LogP contribution in [0.4, 0.5) is 49.6 Å². The monoisotopic (exact) mass is 658 g/mol. The Labute approximate surface area is 248 Å². The minimum absolute atomic E-state index is 0.0256. The number of anilines is 1. The van der Waals surface area contributed by atoms with Gasteiger partial charge in [0.1, 0.15) is 0 Å². The van der Waals surface area contributed by atoms with E-state index in [9.17, 15) is 53.5 Å². The highest BCUT2D eigenvalue weighted by molar-refractivity contribution is 7.98. The maximum absolute atomic E-state index is 14.0. The zero-order valence-corrected chi connectivity index (χ0v) is 23.8. The number of nitrogens with zero attached hydrogens (tertiary/aromatic N) is 2. The van der Waals surface area contributed by atoms with Crippen molar-refractivity contribution in [3.05, 3.63) is 82.2 Å². The minimum atomic E-state index is -6.51. The maximum atomic E-state index is 14.0. The first-order valence-electron chi connectivity index (χ1n) is 12.5. The van der Waals surface area contributed by atoms with Crippen molar-refractivity contribution in [2.45, 2.75) is 50.6 Å². The van der Waals surface area contributed by atoms with Gasteiger partial charge in [-0.05, 0) is 49.4 Å². The van der Waals surface area contributed by atoms with Crippen LogP contribution < -0.4 is 10.6 Å². The van der Waals surface area contributed by atoms with E-state index in [1.54, 1.807) is 13.0 Å². The van der Waals surface area contributed by atoms with Gasteiger partial charge in [0.05, 0.1) is 23.2 Å². The summed E-state index contributed by atoms with van der Waals surface area (Å²) >= 11 is 1.51. The molecule has 1 heterocycles. The van der Waals surface area contributed by atoms with Crippen LogP contribution in [0.1, 0.15) is 50.0 Å². The van der Waals surface area contributed by atoms with Crippen molar-refractivity contribution in [2.24, 2.45) is 0 Å². The van der Waals surface area contributed by atoms with Gasteiger partial charge in [0.2, 0.25) is 0 Å². The van der Waals surface area contributed by atoms with E-state index in [4.69, 9.17) is 0 Å². The smallest absolute Gasteiger partial charge is 0.349 e. The standard InChI is InChI=1S/C27H24F10N4O2S/c1-14-10-16(11-41-12-19(24(28,29)26(32,33)34)21(40-41)25(30,31)27(35,36)37)8-9-20(14)39-23(43)18-7-5-4-6-17(18)22(42)38-15(2)13-44-3/h4-10,12,15H,11,13H2,1-3H3,(H,38,42)(H,39,43)/t15-/m0/s1. The molecule has 3 aromatic rings. The lowest BCUT2D eigenvalue weighted by molar-refractivity contribution is -0.302. The predicted molar refractivity (Wildman–Crippen MR) is 142 cm³/mol. The van der Waals surface area contributed by atoms with Crippen LogP contribution >= 0.6 is 11.8 Å². The fourth-order valence-corrected chi connectivity index (χ4v) is 4.65. The lowest BCUT2D eigenvalue weighted by atomic mass is 10.0. The Balaban J connectivity index is 1.89. The lowest BCUT2D eigenvalue weighted by Gasteiger charge is -2.23. The summed E-state index contributed by atoms with van der Waals surface area (Å²) in [6, 6.07) is 9.54. The van der Waals surface area contributed by atoms with Gasteiger partial charge in [-0.1, -0.05) is 24.3 Å². The fourth-order valence-electron chi connectivity index (χ4n) is 4.06. The van der Waals surface area contributed by atoms with Crippen molar-refractivity contribution in [1.29, 1.82) is 0 Å². The molecule has 0 fully saturated rings. The Bertz CT molecular complexity index is 1480. The van der Waals surface area contributed by atoms with Gasteiger partial charge in [0.15, 0.2) is 5.69 Å². The van der Waals surface area contributed by atoms with Gasteiger partial charge in [-0.3, -0.25) is 14.3 Å².